The molecule has 1 aromatic rings. The summed E-state index contributed by atoms with van der Waals surface area (Å²) in [6, 6.07) is 8.69. The molecule has 0 saturated heterocycles. The molecule has 19 heavy (non-hydrogen) atoms. The van der Waals surface area contributed by atoms with Gasteiger partial charge in [0, 0.05) is 10.5 Å². The number of nitrogens with one attached hydrogen (secondary N) is 1. The first-order valence-electron chi connectivity index (χ1n) is 7.21. The van der Waals surface area contributed by atoms with Crippen molar-refractivity contribution in [3.05, 3.63) is 28.2 Å². The highest BCUT2D eigenvalue weighted by Crippen LogP contribution is 2.31. The van der Waals surface area contributed by atoms with Crippen molar-refractivity contribution in [3.63, 3.8) is 0 Å². The normalized spacial score (nSPS) is 17.7. The molecule has 1 aliphatic carbocycles. The van der Waals surface area contributed by atoms with Crippen molar-refractivity contribution < 1.29 is 0 Å². The first-order valence-corrected chi connectivity index (χ1v) is 8.00. The van der Waals surface area contributed by atoms with Crippen molar-refractivity contribution in [3.8, 4) is 6.07 Å². The predicted octanol–water partition coefficient (Wildman–Crippen LogP) is 5.09. The van der Waals surface area contributed by atoms with Crippen molar-refractivity contribution in [2.75, 3.05) is 5.32 Å². The number of hydrogen-bond donors (Lipinski definition) is 1. The van der Waals surface area contributed by atoms with E-state index in [2.05, 4.69) is 34.2 Å². The lowest BCUT2D eigenvalue weighted by molar-refractivity contribution is 0.313. The van der Waals surface area contributed by atoms with E-state index in [0.717, 1.165) is 28.1 Å². The van der Waals surface area contributed by atoms with Crippen molar-refractivity contribution >= 4 is 21.6 Å². The largest absolute Gasteiger partial charge is 0.381 e. The molecule has 2 rings (SSSR count). The maximum absolute atomic E-state index is 9.28. The van der Waals surface area contributed by atoms with Crippen LogP contribution in [0.15, 0.2) is 22.7 Å². The zero-order valence-corrected chi connectivity index (χ0v) is 13.0. The maximum atomic E-state index is 9.28. The van der Waals surface area contributed by atoms with E-state index in [1.54, 1.807) is 0 Å². The third-order valence-electron chi connectivity index (χ3n) is 4.13. The van der Waals surface area contributed by atoms with E-state index in [0.29, 0.717) is 6.04 Å². The van der Waals surface area contributed by atoms with E-state index >= 15 is 0 Å². The zero-order valence-electron chi connectivity index (χ0n) is 11.5. The van der Waals surface area contributed by atoms with E-state index < -0.39 is 0 Å². The molecule has 0 aromatic heterocycles. The Labute approximate surface area is 124 Å². The van der Waals surface area contributed by atoms with Crippen LogP contribution in [0.5, 0.6) is 0 Å². The average Bonchev–Trinajstić information content (AvgIpc) is 2.46. The van der Waals surface area contributed by atoms with Crippen molar-refractivity contribution in [2.24, 2.45) is 5.92 Å². The topological polar surface area (TPSA) is 35.8 Å². The smallest absolute Gasteiger partial charge is 0.103 e. The van der Waals surface area contributed by atoms with Gasteiger partial charge in [0.2, 0.25) is 0 Å². The quantitative estimate of drug-likeness (QED) is 0.838. The van der Waals surface area contributed by atoms with Gasteiger partial charge in [-0.15, -0.1) is 0 Å². The van der Waals surface area contributed by atoms with Crippen LogP contribution in [0.1, 0.15) is 51.0 Å². The summed E-state index contributed by atoms with van der Waals surface area (Å²) in [5.41, 5.74) is 1.69. The summed E-state index contributed by atoms with van der Waals surface area (Å²) in [4.78, 5) is 0. The molecule has 1 atom stereocenters. The molecule has 3 heteroatoms. The number of anilines is 1. The third-order valence-corrected chi connectivity index (χ3v) is 4.79. The van der Waals surface area contributed by atoms with Crippen molar-refractivity contribution in [1.82, 2.24) is 0 Å². The van der Waals surface area contributed by atoms with Gasteiger partial charge in [-0.05, 0) is 53.2 Å². The van der Waals surface area contributed by atoms with Crippen LogP contribution in [0.4, 0.5) is 5.69 Å². The lowest BCUT2D eigenvalue weighted by Crippen LogP contribution is -2.30. The molecule has 1 N–H and O–H groups in total. The van der Waals surface area contributed by atoms with E-state index in [9.17, 15) is 5.26 Å². The molecule has 0 bridgehead atoms. The molecule has 0 aliphatic heterocycles. The summed E-state index contributed by atoms with van der Waals surface area (Å²) in [5.74, 6) is 0.754. The molecule has 1 aromatic carbocycles. The Hall–Kier alpha value is -1.01. The van der Waals surface area contributed by atoms with E-state index in [1.165, 1.54) is 32.1 Å². The van der Waals surface area contributed by atoms with Gasteiger partial charge in [-0.1, -0.05) is 32.3 Å². The Kier molecular flexibility index (Phi) is 5.27. The Balaban J connectivity index is 2.14. The summed E-state index contributed by atoms with van der Waals surface area (Å²) < 4.78 is 0.874. The Bertz CT molecular complexity index is 458. The van der Waals surface area contributed by atoms with Crippen LogP contribution in [0.2, 0.25) is 0 Å². The molecule has 1 saturated carbocycles. The summed E-state index contributed by atoms with van der Waals surface area (Å²) >= 11 is 3.45. The highest BCUT2D eigenvalue weighted by atomic mass is 79.9. The van der Waals surface area contributed by atoms with Crippen LogP contribution in [0.25, 0.3) is 0 Å². The fourth-order valence-corrected chi connectivity index (χ4v) is 3.50. The van der Waals surface area contributed by atoms with Crippen LogP contribution in [0, 0.1) is 17.2 Å². The van der Waals surface area contributed by atoms with Gasteiger partial charge in [-0.25, -0.2) is 0 Å². The van der Waals surface area contributed by atoms with Gasteiger partial charge in [-0.2, -0.15) is 5.26 Å². The molecule has 1 fully saturated rings. The van der Waals surface area contributed by atoms with Crippen LogP contribution in [-0.2, 0) is 0 Å². The molecule has 2 nitrogen and oxygen atoms in total. The van der Waals surface area contributed by atoms with Crippen LogP contribution in [-0.4, -0.2) is 6.04 Å². The molecule has 102 valence electrons. The van der Waals surface area contributed by atoms with E-state index in [1.807, 2.05) is 18.2 Å². The fraction of sp³-hybridized carbons (Fsp3) is 0.562. The minimum absolute atomic E-state index is 0.488. The van der Waals surface area contributed by atoms with Gasteiger partial charge >= 0.3 is 0 Å². The van der Waals surface area contributed by atoms with Crippen LogP contribution in [0.3, 0.4) is 0 Å². The fourth-order valence-electron chi connectivity index (χ4n) is 3.05. The lowest BCUT2D eigenvalue weighted by atomic mass is 9.83. The maximum Gasteiger partial charge on any atom is 0.103 e. The number of nitriles is 1. The summed E-state index contributed by atoms with van der Waals surface area (Å²) in [7, 11) is 0. The Morgan fingerprint density at radius 2 is 2.11 bits per heavy atom. The highest BCUT2D eigenvalue weighted by Gasteiger charge is 2.23. The van der Waals surface area contributed by atoms with Crippen LogP contribution < -0.4 is 5.32 Å². The molecular formula is C16H21BrN2. The van der Waals surface area contributed by atoms with Gasteiger partial charge in [0.15, 0.2) is 0 Å². The van der Waals surface area contributed by atoms with Crippen molar-refractivity contribution in [2.45, 2.75) is 51.5 Å². The van der Waals surface area contributed by atoms with Crippen molar-refractivity contribution in [1.29, 1.82) is 5.26 Å². The lowest BCUT2D eigenvalue weighted by Gasteiger charge is -2.31. The second kappa shape index (κ2) is 6.96. The number of halogens is 1. The molecule has 0 amide bonds. The second-order valence-corrected chi connectivity index (χ2v) is 6.19. The summed E-state index contributed by atoms with van der Waals surface area (Å²) in [6.45, 7) is 2.23. The Morgan fingerprint density at radius 3 is 2.74 bits per heavy atom. The molecule has 0 radical (unpaired) electrons. The summed E-state index contributed by atoms with van der Waals surface area (Å²) in [5, 5.41) is 12.9. The molecule has 0 spiro atoms. The minimum atomic E-state index is 0.488. The van der Waals surface area contributed by atoms with Gasteiger partial charge in [0.1, 0.15) is 6.07 Å². The van der Waals surface area contributed by atoms with E-state index in [4.69, 9.17) is 0 Å². The van der Waals surface area contributed by atoms with Crippen LogP contribution >= 0.6 is 15.9 Å². The van der Waals surface area contributed by atoms with Gasteiger partial charge in [-0.3, -0.25) is 0 Å². The van der Waals surface area contributed by atoms with Gasteiger partial charge in [0.25, 0.3) is 0 Å². The molecule has 1 unspecified atom stereocenters. The highest BCUT2D eigenvalue weighted by molar-refractivity contribution is 9.10. The number of rotatable bonds is 4. The third kappa shape index (κ3) is 3.51. The number of hydrogen-bond acceptors (Lipinski definition) is 2. The number of benzene rings is 1. The second-order valence-electron chi connectivity index (χ2n) is 5.33. The molecule has 0 heterocycles. The molecule has 1 aliphatic rings. The zero-order chi connectivity index (χ0) is 13.7. The van der Waals surface area contributed by atoms with Gasteiger partial charge < -0.3 is 5.32 Å². The standard InChI is InChI=1S/C16H21BrN2/c1-2-15(12-7-4-3-5-8-12)19-16-10-6-9-14(17)13(16)11-18/h6,9-10,12,15,19H,2-5,7-8H2,1H3. The SMILES string of the molecule is CCC(Nc1cccc(Br)c1C#N)C1CCCCC1. The first-order chi connectivity index (χ1) is 9.26. The number of nitrogens with zero attached hydrogens (tertiary/aromatic N) is 1. The van der Waals surface area contributed by atoms with E-state index in [-0.39, 0.29) is 0 Å². The molecular weight excluding hydrogens is 300 g/mol. The predicted molar refractivity (Wildman–Crippen MR) is 83.1 cm³/mol. The monoisotopic (exact) mass is 320 g/mol. The first kappa shape index (κ1) is 14.4. The van der Waals surface area contributed by atoms with Gasteiger partial charge in [0.05, 0.1) is 11.3 Å². The average molecular weight is 321 g/mol. The minimum Gasteiger partial charge on any atom is -0.381 e. The Morgan fingerprint density at radius 1 is 1.37 bits per heavy atom. The summed E-state index contributed by atoms with van der Waals surface area (Å²) in [6.07, 6.45) is 7.84.